The third-order valence-corrected chi connectivity index (χ3v) is 4.51. The first-order valence-electron chi connectivity index (χ1n) is 7.75. The van der Waals surface area contributed by atoms with E-state index in [-0.39, 0.29) is 0 Å². The van der Waals surface area contributed by atoms with Crippen LogP contribution in [-0.2, 0) is 11.3 Å². The third kappa shape index (κ3) is 2.88. The van der Waals surface area contributed by atoms with E-state index >= 15 is 0 Å². The van der Waals surface area contributed by atoms with Crippen molar-refractivity contribution < 1.29 is 9.53 Å². The van der Waals surface area contributed by atoms with Crippen LogP contribution in [0.5, 0.6) is 5.75 Å². The number of hydrogen-bond donors (Lipinski definition) is 0. The van der Waals surface area contributed by atoms with Crippen molar-refractivity contribution in [3.8, 4) is 5.75 Å². The summed E-state index contributed by atoms with van der Waals surface area (Å²) in [6.07, 6.45) is 5.13. The lowest BCUT2D eigenvalue weighted by Crippen LogP contribution is -2.51. The normalized spacial score (nSPS) is 26.6. The van der Waals surface area contributed by atoms with Crippen LogP contribution >= 0.6 is 0 Å². The largest absolute Gasteiger partial charge is 0.494 e. The Labute approximate surface area is 120 Å². The number of benzene rings is 1. The Morgan fingerprint density at radius 1 is 1.25 bits per heavy atom. The molecule has 0 aromatic heterocycles. The summed E-state index contributed by atoms with van der Waals surface area (Å²) in [4.78, 5) is 14.3. The highest BCUT2D eigenvalue weighted by atomic mass is 16.5. The molecule has 2 aliphatic rings. The summed E-state index contributed by atoms with van der Waals surface area (Å²) in [7, 11) is 0. The SMILES string of the molecule is CCOc1cccc(CN2C3CCCC2CC(=O)C3)c1. The van der Waals surface area contributed by atoms with Crippen molar-refractivity contribution >= 4 is 5.78 Å². The van der Waals surface area contributed by atoms with Gasteiger partial charge in [-0.05, 0) is 37.5 Å². The fourth-order valence-electron chi connectivity index (χ4n) is 3.64. The summed E-state index contributed by atoms with van der Waals surface area (Å²) in [5.74, 6) is 1.40. The van der Waals surface area contributed by atoms with Gasteiger partial charge in [0, 0.05) is 31.5 Å². The molecule has 2 bridgehead atoms. The smallest absolute Gasteiger partial charge is 0.136 e. The van der Waals surface area contributed by atoms with Crippen LogP contribution in [0.4, 0.5) is 0 Å². The maximum absolute atomic E-state index is 11.8. The van der Waals surface area contributed by atoms with Gasteiger partial charge < -0.3 is 4.74 Å². The van der Waals surface area contributed by atoms with Gasteiger partial charge in [0.2, 0.25) is 0 Å². The van der Waals surface area contributed by atoms with E-state index < -0.39 is 0 Å². The van der Waals surface area contributed by atoms with Gasteiger partial charge in [-0.15, -0.1) is 0 Å². The first kappa shape index (κ1) is 13.6. The molecular weight excluding hydrogens is 250 g/mol. The molecule has 3 nitrogen and oxygen atoms in total. The zero-order chi connectivity index (χ0) is 13.9. The van der Waals surface area contributed by atoms with E-state index in [0.717, 1.165) is 25.1 Å². The maximum Gasteiger partial charge on any atom is 0.136 e. The number of carbonyl (C=O) groups is 1. The number of carbonyl (C=O) groups excluding carboxylic acids is 1. The van der Waals surface area contributed by atoms with Crippen molar-refractivity contribution in [2.45, 2.75) is 57.7 Å². The lowest BCUT2D eigenvalue weighted by molar-refractivity contribution is -0.127. The van der Waals surface area contributed by atoms with E-state index in [1.807, 2.05) is 13.0 Å². The number of rotatable bonds is 4. The molecule has 0 radical (unpaired) electrons. The Balaban J connectivity index is 1.73. The Morgan fingerprint density at radius 2 is 2.00 bits per heavy atom. The monoisotopic (exact) mass is 273 g/mol. The number of ether oxygens (including phenoxy) is 1. The van der Waals surface area contributed by atoms with Gasteiger partial charge in [0.1, 0.15) is 11.5 Å². The Kier molecular flexibility index (Phi) is 4.06. The van der Waals surface area contributed by atoms with Crippen molar-refractivity contribution in [3.05, 3.63) is 29.8 Å². The highest BCUT2D eigenvalue weighted by Gasteiger charge is 2.37. The average Bonchev–Trinajstić information content (AvgIpc) is 2.41. The number of Topliss-reactive ketones (excluding diaryl/α,β-unsaturated/α-hetero) is 1. The molecule has 2 atom stereocenters. The molecule has 1 aromatic carbocycles. The van der Waals surface area contributed by atoms with Crippen LogP contribution in [0.2, 0.25) is 0 Å². The van der Waals surface area contributed by atoms with Crippen molar-refractivity contribution in [2.24, 2.45) is 0 Å². The first-order valence-corrected chi connectivity index (χ1v) is 7.75. The van der Waals surface area contributed by atoms with E-state index in [2.05, 4.69) is 23.1 Å². The molecule has 3 rings (SSSR count). The van der Waals surface area contributed by atoms with E-state index in [0.29, 0.717) is 24.5 Å². The number of piperidine rings is 2. The second kappa shape index (κ2) is 5.96. The van der Waals surface area contributed by atoms with Gasteiger partial charge in [-0.3, -0.25) is 9.69 Å². The Hall–Kier alpha value is -1.35. The second-order valence-corrected chi connectivity index (χ2v) is 5.94. The lowest BCUT2D eigenvalue weighted by Gasteiger charge is -2.45. The summed E-state index contributed by atoms with van der Waals surface area (Å²) >= 11 is 0. The highest BCUT2D eigenvalue weighted by molar-refractivity contribution is 5.80. The minimum atomic E-state index is 0.457. The van der Waals surface area contributed by atoms with Crippen LogP contribution in [0.1, 0.15) is 44.6 Å². The van der Waals surface area contributed by atoms with Gasteiger partial charge in [0.25, 0.3) is 0 Å². The van der Waals surface area contributed by atoms with Crippen molar-refractivity contribution in [1.29, 1.82) is 0 Å². The predicted molar refractivity (Wildman–Crippen MR) is 78.8 cm³/mol. The summed E-state index contributed by atoms with van der Waals surface area (Å²) in [6, 6.07) is 9.29. The molecule has 0 aliphatic carbocycles. The third-order valence-electron chi connectivity index (χ3n) is 4.51. The fraction of sp³-hybridized carbons (Fsp3) is 0.588. The van der Waals surface area contributed by atoms with Crippen LogP contribution in [0.3, 0.4) is 0 Å². The maximum atomic E-state index is 11.8. The highest BCUT2D eigenvalue weighted by Crippen LogP contribution is 2.33. The number of fused-ring (bicyclic) bond motifs is 2. The predicted octanol–water partition coefficient (Wildman–Crippen LogP) is 3.17. The number of hydrogen-bond acceptors (Lipinski definition) is 3. The first-order chi connectivity index (χ1) is 9.76. The molecule has 1 aromatic rings. The molecule has 0 saturated carbocycles. The van der Waals surface area contributed by atoms with Gasteiger partial charge in [-0.25, -0.2) is 0 Å². The van der Waals surface area contributed by atoms with Gasteiger partial charge in [-0.2, -0.15) is 0 Å². The van der Waals surface area contributed by atoms with Gasteiger partial charge >= 0.3 is 0 Å². The van der Waals surface area contributed by atoms with Crippen LogP contribution < -0.4 is 4.74 Å². The zero-order valence-corrected chi connectivity index (χ0v) is 12.2. The molecule has 2 saturated heterocycles. The summed E-state index contributed by atoms with van der Waals surface area (Å²) in [5, 5.41) is 0. The van der Waals surface area contributed by atoms with Gasteiger partial charge in [0.05, 0.1) is 6.61 Å². The van der Waals surface area contributed by atoms with Gasteiger partial charge in [-0.1, -0.05) is 18.6 Å². The lowest BCUT2D eigenvalue weighted by atomic mass is 9.83. The summed E-state index contributed by atoms with van der Waals surface area (Å²) in [5.41, 5.74) is 1.29. The van der Waals surface area contributed by atoms with Crippen LogP contribution in [0.25, 0.3) is 0 Å². The second-order valence-electron chi connectivity index (χ2n) is 5.94. The summed E-state index contributed by atoms with van der Waals surface area (Å²) < 4.78 is 5.57. The molecule has 0 spiro atoms. The van der Waals surface area contributed by atoms with Crippen molar-refractivity contribution in [3.63, 3.8) is 0 Å². The van der Waals surface area contributed by atoms with Crippen molar-refractivity contribution in [1.82, 2.24) is 4.90 Å². The average molecular weight is 273 g/mol. The van der Waals surface area contributed by atoms with E-state index in [4.69, 9.17) is 4.74 Å². The number of nitrogens with zero attached hydrogens (tertiary/aromatic N) is 1. The molecule has 2 heterocycles. The minimum Gasteiger partial charge on any atom is -0.494 e. The topological polar surface area (TPSA) is 29.5 Å². The fourth-order valence-corrected chi connectivity index (χ4v) is 3.64. The summed E-state index contributed by atoms with van der Waals surface area (Å²) in [6.45, 7) is 3.66. The quantitative estimate of drug-likeness (QED) is 0.844. The molecule has 2 aliphatic heterocycles. The van der Waals surface area contributed by atoms with Gasteiger partial charge in [0.15, 0.2) is 0 Å². The van der Waals surface area contributed by atoms with Crippen LogP contribution in [0, 0.1) is 0 Å². The van der Waals surface area contributed by atoms with E-state index in [9.17, 15) is 4.79 Å². The molecule has 2 unspecified atom stereocenters. The van der Waals surface area contributed by atoms with E-state index in [1.54, 1.807) is 0 Å². The Bertz CT molecular complexity index is 470. The molecule has 3 heteroatoms. The molecule has 20 heavy (non-hydrogen) atoms. The molecule has 0 N–H and O–H groups in total. The zero-order valence-electron chi connectivity index (χ0n) is 12.2. The van der Waals surface area contributed by atoms with Crippen molar-refractivity contribution in [2.75, 3.05) is 6.61 Å². The molecule has 2 fully saturated rings. The number of ketones is 1. The molecule has 108 valence electrons. The van der Waals surface area contributed by atoms with Crippen LogP contribution in [0.15, 0.2) is 24.3 Å². The Morgan fingerprint density at radius 3 is 2.70 bits per heavy atom. The van der Waals surface area contributed by atoms with Crippen LogP contribution in [-0.4, -0.2) is 29.4 Å². The minimum absolute atomic E-state index is 0.457. The molecule has 0 amide bonds. The standard InChI is InChI=1S/C17H23NO2/c1-2-20-17-8-3-5-13(9-17)12-18-14-6-4-7-15(18)11-16(19)10-14/h3,5,8-9,14-15H,2,4,6-7,10-12H2,1H3. The molecular formula is C17H23NO2. The van der Waals surface area contributed by atoms with E-state index in [1.165, 1.54) is 24.8 Å².